The number of aromatic nitrogens is 2. The van der Waals surface area contributed by atoms with Gasteiger partial charge in [0, 0.05) is 13.1 Å². The molecule has 2 heterocycles. The Morgan fingerprint density at radius 1 is 1.39 bits per heavy atom. The predicted molar refractivity (Wildman–Crippen MR) is 91.5 cm³/mol. The van der Waals surface area contributed by atoms with Crippen molar-refractivity contribution in [2.75, 3.05) is 25.1 Å². The standard InChI is InChI=1S/C17H20ClN3O2/c1-23-14-4-2-3-13(10-14)9-12-5-7-21(8-6-12)15-11-19-20-17(22)16(15)18/h2-4,10-12H,5-9H2,1H3,(H,20,22). The monoisotopic (exact) mass is 333 g/mol. The number of anilines is 1. The third-order valence-corrected chi connectivity index (χ3v) is 4.76. The Bertz CT molecular complexity index is 724. The van der Waals surface area contributed by atoms with Crippen LogP contribution in [0.4, 0.5) is 5.69 Å². The number of nitrogens with zero attached hydrogens (tertiary/aromatic N) is 2. The second kappa shape index (κ2) is 7.04. The normalized spacial score (nSPS) is 15.7. The molecule has 122 valence electrons. The Kier molecular flexibility index (Phi) is 4.86. The average molecular weight is 334 g/mol. The Morgan fingerprint density at radius 2 is 2.17 bits per heavy atom. The van der Waals surface area contributed by atoms with Crippen molar-refractivity contribution in [1.82, 2.24) is 10.2 Å². The summed E-state index contributed by atoms with van der Waals surface area (Å²) in [6.07, 6.45) is 4.82. The Morgan fingerprint density at radius 3 is 2.91 bits per heavy atom. The van der Waals surface area contributed by atoms with E-state index in [1.807, 2.05) is 12.1 Å². The van der Waals surface area contributed by atoms with Crippen molar-refractivity contribution in [2.45, 2.75) is 19.3 Å². The van der Waals surface area contributed by atoms with E-state index in [0.717, 1.165) is 43.8 Å². The lowest BCUT2D eigenvalue weighted by Gasteiger charge is -2.33. The molecule has 1 aromatic heterocycles. The summed E-state index contributed by atoms with van der Waals surface area (Å²) < 4.78 is 5.28. The quantitative estimate of drug-likeness (QED) is 0.934. The maximum Gasteiger partial charge on any atom is 0.285 e. The Hall–Kier alpha value is -2.01. The first-order chi connectivity index (χ1) is 11.2. The molecule has 1 N–H and O–H groups in total. The van der Waals surface area contributed by atoms with E-state index in [9.17, 15) is 4.79 Å². The van der Waals surface area contributed by atoms with Crippen LogP contribution in [0.25, 0.3) is 0 Å². The molecule has 1 aliphatic rings. The van der Waals surface area contributed by atoms with Crippen LogP contribution in [0.2, 0.25) is 5.02 Å². The lowest BCUT2D eigenvalue weighted by Crippen LogP contribution is -2.35. The zero-order chi connectivity index (χ0) is 16.2. The summed E-state index contributed by atoms with van der Waals surface area (Å²) in [6.45, 7) is 1.78. The van der Waals surface area contributed by atoms with Crippen LogP contribution >= 0.6 is 11.6 Å². The molecule has 1 saturated heterocycles. The fraction of sp³-hybridized carbons (Fsp3) is 0.412. The van der Waals surface area contributed by atoms with Crippen LogP contribution in [0.15, 0.2) is 35.3 Å². The van der Waals surface area contributed by atoms with E-state index in [1.165, 1.54) is 5.56 Å². The molecule has 1 aromatic carbocycles. The molecule has 0 saturated carbocycles. The highest BCUT2D eigenvalue weighted by Crippen LogP contribution is 2.28. The highest BCUT2D eigenvalue weighted by molar-refractivity contribution is 6.32. The molecule has 6 heteroatoms. The highest BCUT2D eigenvalue weighted by Gasteiger charge is 2.22. The number of hydrogen-bond donors (Lipinski definition) is 1. The fourth-order valence-corrected chi connectivity index (χ4v) is 3.32. The van der Waals surface area contributed by atoms with E-state index < -0.39 is 0 Å². The van der Waals surface area contributed by atoms with Crippen molar-refractivity contribution in [1.29, 1.82) is 0 Å². The van der Waals surface area contributed by atoms with Gasteiger partial charge in [-0.3, -0.25) is 4.79 Å². The van der Waals surface area contributed by atoms with Crippen LogP contribution in [-0.2, 0) is 6.42 Å². The summed E-state index contributed by atoms with van der Waals surface area (Å²) in [5, 5.41) is 6.43. The maximum absolute atomic E-state index is 11.6. The highest BCUT2D eigenvalue weighted by atomic mass is 35.5. The Labute approximate surface area is 140 Å². The van der Waals surface area contributed by atoms with Gasteiger partial charge in [-0.2, -0.15) is 5.10 Å². The van der Waals surface area contributed by atoms with Gasteiger partial charge >= 0.3 is 0 Å². The van der Waals surface area contributed by atoms with Gasteiger partial charge in [-0.05, 0) is 42.9 Å². The minimum absolute atomic E-state index is 0.228. The van der Waals surface area contributed by atoms with E-state index in [0.29, 0.717) is 5.92 Å². The first-order valence-corrected chi connectivity index (χ1v) is 8.16. The van der Waals surface area contributed by atoms with Gasteiger partial charge in [0.1, 0.15) is 10.8 Å². The molecule has 0 radical (unpaired) electrons. The number of aromatic amines is 1. The van der Waals surface area contributed by atoms with Gasteiger partial charge in [0.15, 0.2) is 0 Å². The van der Waals surface area contributed by atoms with Crippen LogP contribution < -0.4 is 15.2 Å². The van der Waals surface area contributed by atoms with Crippen LogP contribution in [0, 0.1) is 5.92 Å². The summed E-state index contributed by atoms with van der Waals surface area (Å²) in [5.41, 5.74) is 1.71. The summed E-state index contributed by atoms with van der Waals surface area (Å²) >= 11 is 6.09. The predicted octanol–water partition coefficient (Wildman–Crippen LogP) is 2.89. The molecule has 0 amide bonds. The van der Waals surface area contributed by atoms with Gasteiger partial charge in [0.25, 0.3) is 5.56 Å². The summed E-state index contributed by atoms with van der Waals surface area (Å²) in [6, 6.07) is 8.25. The molecule has 0 unspecified atom stereocenters. The van der Waals surface area contributed by atoms with E-state index in [4.69, 9.17) is 16.3 Å². The van der Waals surface area contributed by atoms with Crippen molar-refractivity contribution < 1.29 is 4.74 Å². The van der Waals surface area contributed by atoms with E-state index in [1.54, 1.807) is 13.3 Å². The molecular weight excluding hydrogens is 314 g/mol. The SMILES string of the molecule is COc1cccc(CC2CCN(c3cn[nH]c(=O)c3Cl)CC2)c1. The smallest absolute Gasteiger partial charge is 0.285 e. The summed E-state index contributed by atoms with van der Waals surface area (Å²) in [4.78, 5) is 13.7. The Balaban J connectivity index is 1.62. The van der Waals surface area contributed by atoms with Crippen LogP contribution in [0.5, 0.6) is 5.75 Å². The summed E-state index contributed by atoms with van der Waals surface area (Å²) in [7, 11) is 1.69. The van der Waals surface area contributed by atoms with E-state index >= 15 is 0 Å². The molecule has 0 atom stereocenters. The molecule has 23 heavy (non-hydrogen) atoms. The van der Waals surface area contributed by atoms with Gasteiger partial charge in [-0.1, -0.05) is 23.7 Å². The lowest BCUT2D eigenvalue weighted by molar-refractivity contribution is 0.398. The second-order valence-electron chi connectivity index (χ2n) is 5.88. The molecular formula is C17H20ClN3O2. The van der Waals surface area contributed by atoms with Crippen LogP contribution in [0.3, 0.4) is 0 Å². The topological polar surface area (TPSA) is 58.2 Å². The molecule has 1 aliphatic heterocycles. The van der Waals surface area contributed by atoms with Crippen molar-refractivity contribution in [3.8, 4) is 5.75 Å². The van der Waals surface area contributed by atoms with Crippen LogP contribution in [0.1, 0.15) is 18.4 Å². The third-order valence-electron chi connectivity index (χ3n) is 4.39. The van der Waals surface area contributed by atoms with Crippen molar-refractivity contribution >= 4 is 17.3 Å². The fourth-order valence-electron chi connectivity index (χ4n) is 3.11. The minimum Gasteiger partial charge on any atom is -0.497 e. The number of hydrogen-bond acceptors (Lipinski definition) is 4. The number of ether oxygens (including phenoxy) is 1. The maximum atomic E-state index is 11.6. The van der Waals surface area contributed by atoms with E-state index in [-0.39, 0.29) is 10.6 Å². The zero-order valence-electron chi connectivity index (χ0n) is 13.1. The number of rotatable bonds is 4. The minimum atomic E-state index is -0.331. The van der Waals surface area contributed by atoms with Crippen molar-refractivity contribution in [3.05, 3.63) is 51.4 Å². The van der Waals surface area contributed by atoms with Crippen molar-refractivity contribution in [3.63, 3.8) is 0 Å². The zero-order valence-corrected chi connectivity index (χ0v) is 13.8. The molecule has 2 aromatic rings. The number of halogens is 1. The van der Waals surface area contributed by atoms with Gasteiger partial charge in [-0.25, -0.2) is 5.10 Å². The molecule has 0 spiro atoms. The number of piperidine rings is 1. The first kappa shape index (κ1) is 15.9. The summed E-state index contributed by atoms with van der Waals surface area (Å²) in [5.74, 6) is 1.54. The molecule has 0 aliphatic carbocycles. The van der Waals surface area contributed by atoms with Gasteiger partial charge < -0.3 is 9.64 Å². The lowest BCUT2D eigenvalue weighted by atomic mass is 9.90. The molecule has 1 fully saturated rings. The second-order valence-corrected chi connectivity index (χ2v) is 6.26. The van der Waals surface area contributed by atoms with E-state index in [2.05, 4.69) is 27.2 Å². The number of methoxy groups -OCH3 is 1. The van der Waals surface area contributed by atoms with Crippen LogP contribution in [-0.4, -0.2) is 30.4 Å². The average Bonchev–Trinajstić information content (AvgIpc) is 2.58. The number of nitrogens with one attached hydrogen (secondary N) is 1. The van der Waals surface area contributed by atoms with Gasteiger partial charge in [0.05, 0.1) is 19.0 Å². The molecule has 3 rings (SSSR count). The molecule has 0 bridgehead atoms. The number of benzene rings is 1. The van der Waals surface area contributed by atoms with Gasteiger partial charge in [-0.15, -0.1) is 0 Å². The third kappa shape index (κ3) is 3.67. The largest absolute Gasteiger partial charge is 0.497 e. The van der Waals surface area contributed by atoms with Gasteiger partial charge in [0.2, 0.25) is 0 Å². The molecule has 5 nitrogen and oxygen atoms in total. The first-order valence-electron chi connectivity index (χ1n) is 7.78. The van der Waals surface area contributed by atoms with Crippen molar-refractivity contribution in [2.24, 2.45) is 5.92 Å². The number of H-pyrrole nitrogens is 1.